The number of hydrogen-bond donors (Lipinski definition) is 1. The van der Waals surface area contributed by atoms with Gasteiger partial charge in [0, 0.05) is 6.04 Å². The largest absolute Gasteiger partial charge is 0.449 e. The smallest absolute Gasteiger partial charge is 0.203 e. The van der Waals surface area contributed by atoms with Gasteiger partial charge in [-0.2, -0.15) is 5.26 Å². The first-order valence-electron chi connectivity index (χ1n) is 5.15. The molecule has 0 saturated carbocycles. The van der Waals surface area contributed by atoms with Gasteiger partial charge in [-0.15, -0.1) is 0 Å². The maximum Gasteiger partial charge on any atom is 0.203 e. The quantitative estimate of drug-likeness (QED) is 0.827. The Balaban J connectivity index is 2.48. The molecule has 1 heterocycles. The average Bonchev–Trinajstić information content (AvgIpc) is 2.60. The molecule has 3 heteroatoms. The van der Waals surface area contributed by atoms with Crippen LogP contribution in [0.5, 0.6) is 0 Å². The number of nitrogens with one attached hydrogen (secondary N) is 1. The molecule has 3 nitrogen and oxygen atoms in total. The van der Waals surface area contributed by atoms with Crippen LogP contribution in [0.15, 0.2) is 16.5 Å². The van der Waals surface area contributed by atoms with E-state index < -0.39 is 0 Å². The van der Waals surface area contributed by atoms with E-state index >= 15 is 0 Å². The Kier molecular flexibility index (Phi) is 3.54. The second-order valence-corrected chi connectivity index (χ2v) is 4.85. The van der Waals surface area contributed by atoms with Crippen molar-refractivity contribution in [1.29, 1.82) is 5.26 Å². The predicted octanol–water partition coefficient (Wildman–Crippen LogP) is 2.68. The maximum atomic E-state index is 8.59. The fourth-order valence-electron chi connectivity index (χ4n) is 1.09. The minimum Gasteiger partial charge on any atom is -0.449 e. The highest BCUT2D eigenvalue weighted by molar-refractivity contribution is 5.18. The average molecular weight is 206 g/mol. The lowest BCUT2D eigenvalue weighted by Gasteiger charge is -2.27. The van der Waals surface area contributed by atoms with Gasteiger partial charge in [0.05, 0.1) is 6.54 Å². The van der Waals surface area contributed by atoms with E-state index in [1.165, 1.54) is 0 Å². The molecule has 0 amide bonds. The summed E-state index contributed by atoms with van der Waals surface area (Å²) in [4.78, 5) is 0. The number of furan rings is 1. The van der Waals surface area contributed by atoms with Crippen LogP contribution in [0.4, 0.5) is 0 Å². The molecule has 1 N–H and O–H groups in total. The Morgan fingerprint density at radius 1 is 1.47 bits per heavy atom. The van der Waals surface area contributed by atoms with E-state index in [1.54, 1.807) is 6.07 Å². The summed E-state index contributed by atoms with van der Waals surface area (Å²) in [5.41, 5.74) is 0.227. The Morgan fingerprint density at radius 2 is 2.13 bits per heavy atom. The van der Waals surface area contributed by atoms with Crippen molar-refractivity contribution in [3.63, 3.8) is 0 Å². The number of hydrogen-bond acceptors (Lipinski definition) is 3. The highest BCUT2D eigenvalue weighted by atomic mass is 16.3. The molecule has 0 bridgehead atoms. The molecule has 0 spiro atoms. The van der Waals surface area contributed by atoms with Gasteiger partial charge in [0.25, 0.3) is 0 Å². The SMILES string of the molecule is CC(NCc1ccc(C#N)o1)C(C)(C)C. The van der Waals surface area contributed by atoms with Crippen molar-refractivity contribution >= 4 is 0 Å². The van der Waals surface area contributed by atoms with Gasteiger partial charge in [-0.25, -0.2) is 0 Å². The molecule has 0 aliphatic carbocycles. The zero-order valence-electron chi connectivity index (χ0n) is 9.79. The Bertz CT molecular complexity index is 354. The molecule has 0 radical (unpaired) electrons. The molecule has 0 aliphatic rings. The van der Waals surface area contributed by atoms with Crippen LogP contribution < -0.4 is 5.32 Å². The fraction of sp³-hybridized carbons (Fsp3) is 0.583. The van der Waals surface area contributed by atoms with Crippen LogP contribution in [0.1, 0.15) is 39.2 Å². The summed E-state index contributed by atoms with van der Waals surface area (Å²) in [7, 11) is 0. The summed E-state index contributed by atoms with van der Waals surface area (Å²) in [6.45, 7) is 9.38. The van der Waals surface area contributed by atoms with Crippen molar-refractivity contribution in [2.24, 2.45) is 5.41 Å². The van der Waals surface area contributed by atoms with Gasteiger partial charge < -0.3 is 9.73 Å². The topological polar surface area (TPSA) is 49.0 Å². The van der Waals surface area contributed by atoms with Crippen LogP contribution in [-0.2, 0) is 6.54 Å². The van der Waals surface area contributed by atoms with E-state index in [2.05, 4.69) is 33.0 Å². The lowest BCUT2D eigenvalue weighted by molar-refractivity contribution is 0.278. The molecule has 82 valence electrons. The van der Waals surface area contributed by atoms with Crippen LogP contribution in [0, 0.1) is 16.7 Å². The molecule has 0 saturated heterocycles. The zero-order valence-corrected chi connectivity index (χ0v) is 9.79. The summed E-state index contributed by atoms with van der Waals surface area (Å²) in [5, 5.41) is 12.0. The van der Waals surface area contributed by atoms with Gasteiger partial charge in [0.15, 0.2) is 0 Å². The van der Waals surface area contributed by atoms with E-state index in [-0.39, 0.29) is 5.41 Å². The number of rotatable bonds is 3. The summed E-state index contributed by atoms with van der Waals surface area (Å²) in [6.07, 6.45) is 0. The van der Waals surface area contributed by atoms with Crippen molar-refractivity contribution < 1.29 is 4.42 Å². The molecule has 0 aliphatic heterocycles. The van der Waals surface area contributed by atoms with Gasteiger partial charge in [-0.05, 0) is 24.5 Å². The van der Waals surface area contributed by atoms with Crippen LogP contribution >= 0.6 is 0 Å². The second kappa shape index (κ2) is 4.50. The highest BCUT2D eigenvalue weighted by Gasteiger charge is 2.19. The Morgan fingerprint density at radius 3 is 2.60 bits per heavy atom. The molecule has 1 aromatic rings. The van der Waals surface area contributed by atoms with Crippen LogP contribution in [0.25, 0.3) is 0 Å². The Labute approximate surface area is 91.1 Å². The molecule has 0 fully saturated rings. The molecular weight excluding hydrogens is 188 g/mol. The molecule has 15 heavy (non-hydrogen) atoms. The first-order valence-corrected chi connectivity index (χ1v) is 5.15. The predicted molar refractivity (Wildman–Crippen MR) is 59.2 cm³/mol. The lowest BCUT2D eigenvalue weighted by atomic mass is 9.88. The Hall–Kier alpha value is -1.27. The first-order chi connectivity index (χ1) is 6.93. The molecule has 1 unspecified atom stereocenters. The molecule has 1 atom stereocenters. The van der Waals surface area contributed by atoms with E-state index in [0.717, 1.165) is 5.76 Å². The van der Waals surface area contributed by atoms with Crippen molar-refractivity contribution in [1.82, 2.24) is 5.32 Å². The third-order valence-corrected chi connectivity index (χ3v) is 2.65. The van der Waals surface area contributed by atoms with E-state index in [4.69, 9.17) is 9.68 Å². The number of nitriles is 1. The molecule has 0 aromatic carbocycles. The van der Waals surface area contributed by atoms with Crippen LogP contribution in [0.2, 0.25) is 0 Å². The molecule has 1 rings (SSSR count). The summed E-state index contributed by atoms with van der Waals surface area (Å²) < 4.78 is 5.27. The highest BCUT2D eigenvalue weighted by Crippen LogP contribution is 2.19. The summed E-state index contributed by atoms with van der Waals surface area (Å²) >= 11 is 0. The van der Waals surface area contributed by atoms with Crippen molar-refractivity contribution in [3.05, 3.63) is 23.7 Å². The van der Waals surface area contributed by atoms with E-state index in [0.29, 0.717) is 18.3 Å². The maximum absolute atomic E-state index is 8.59. The van der Waals surface area contributed by atoms with Gasteiger partial charge >= 0.3 is 0 Å². The van der Waals surface area contributed by atoms with Gasteiger partial charge in [0.1, 0.15) is 11.8 Å². The fourth-order valence-corrected chi connectivity index (χ4v) is 1.09. The van der Waals surface area contributed by atoms with Gasteiger partial charge in [-0.1, -0.05) is 20.8 Å². The zero-order chi connectivity index (χ0) is 11.5. The standard InChI is InChI=1S/C12H18N2O/c1-9(12(2,3)4)14-8-11-6-5-10(7-13)15-11/h5-6,9,14H,8H2,1-4H3. The third kappa shape index (κ3) is 3.41. The molecular formula is C12H18N2O. The van der Waals surface area contributed by atoms with Crippen LogP contribution in [-0.4, -0.2) is 6.04 Å². The monoisotopic (exact) mass is 206 g/mol. The number of nitrogens with zero attached hydrogens (tertiary/aromatic N) is 1. The third-order valence-electron chi connectivity index (χ3n) is 2.65. The van der Waals surface area contributed by atoms with Gasteiger partial charge in [0.2, 0.25) is 5.76 Å². The first kappa shape index (κ1) is 11.8. The van der Waals surface area contributed by atoms with Crippen molar-refractivity contribution in [2.45, 2.75) is 40.3 Å². The van der Waals surface area contributed by atoms with Gasteiger partial charge in [-0.3, -0.25) is 0 Å². The molecule has 1 aromatic heterocycles. The summed E-state index contributed by atoms with van der Waals surface area (Å²) in [6, 6.07) is 5.89. The second-order valence-electron chi connectivity index (χ2n) is 4.85. The van der Waals surface area contributed by atoms with Crippen molar-refractivity contribution in [3.8, 4) is 6.07 Å². The summed E-state index contributed by atoms with van der Waals surface area (Å²) in [5.74, 6) is 1.18. The lowest BCUT2D eigenvalue weighted by Crippen LogP contribution is -2.37. The minimum atomic E-state index is 0.227. The van der Waals surface area contributed by atoms with Crippen molar-refractivity contribution in [2.75, 3.05) is 0 Å². The normalized spacial score (nSPS) is 13.5. The van der Waals surface area contributed by atoms with Crippen LogP contribution in [0.3, 0.4) is 0 Å². The van der Waals surface area contributed by atoms with E-state index in [9.17, 15) is 0 Å². The van der Waals surface area contributed by atoms with E-state index in [1.807, 2.05) is 12.1 Å². The minimum absolute atomic E-state index is 0.227.